The van der Waals surface area contributed by atoms with Gasteiger partial charge in [0.25, 0.3) is 5.91 Å². The maximum Gasteiger partial charge on any atom is 0.251 e. The van der Waals surface area contributed by atoms with E-state index < -0.39 is 0 Å². The maximum absolute atomic E-state index is 12.1. The van der Waals surface area contributed by atoms with E-state index in [9.17, 15) is 4.79 Å². The van der Waals surface area contributed by atoms with Crippen molar-refractivity contribution < 1.29 is 9.53 Å². The van der Waals surface area contributed by atoms with Gasteiger partial charge in [-0.2, -0.15) is 0 Å². The fourth-order valence-corrected chi connectivity index (χ4v) is 2.05. The van der Waals surface area contributed by atoms with E-state index in [0.29, 0.717) is 18.7 Å². The van der Waals surface area contributed by atoms with Gasteiger partial charge in [0.05, 0.1) is 0 Å². The number of carbonyl (C=O) groups excluding carboxylic acids is 1. The topological polar surface area (TPSA) is 41.6 Å². The minimum atomic E-state index is -0.120. The number of terminal acetylenes is 1. The largest absolute Gasteiger partial charge is 0.492 e. The molecule has 0 unspecified atom stereocenters. The van der Waals surface area contributed by atoms with E-state index in [1.807, 2.05) is 38.4 Å². The average molecular weight is 322 g/mol. The zero-order valence-corrected chi connectivity index (χ0v) is 14.1. The molecule has 0 fully saturated rings. The molecular formula is C20H22N2O2. The quantitative estimate of drug-likeness (QED) is 0.797. The van der Waals surface area contributed by atoms with Crippen molar-refractivity contribution in [1.29, 1.82) is 0 Å². The van der Waals surface area contributed by atoms with Gasteiger partial charge in [0, 0.05) is 24.2 Å². The second-order valence-corrected chi connectivity index (χ2v) is 5.70. The molecule has 0 aliphatic carbocycles. The summed E-state index contributed by atoms with van der Waals surface area (Å²) < 4.78 is 5.64. The maximum atomic E-state index is 12.1. The summed E-state index contributed by atoms with van der Waals surface area (Å²) in [6.07, 6.45) is 5.30. The first kappa shape index (κ1) is 17.6. The zero-order valence-electron chi connectivity index (χ0n) is 14.1. The van der Waals surface area contributed by atoms with E-state index in [-0.39, 0.29) is 5.91 Å². The summed E-state index contributed by atoms with van der Waals surface area (Å²) in [6.45, 7) is 1.99. The molecule has 1 N–H and O–H groups in total. The van der Waals surface area contributed by atoms with Gasteiger partial charge in [-0.15, -0.1) is 6.42 Å². The van der Waals surface area contributed by atoms with E-state index in [0.717, 1.165) is 23.4 Å². The molecule has 4 nitrogen and oxygen atoms in total. The van der Waals surface area contributed by atoms with E-state index in [4.69, 9.17) is 11.2 Å². The first-order chi connectivity index (χ1) is 11.6. The molecule has 0 atom stereocenters. The molecule has 0 saturated heterocycles. The lowest BCUT2D eigenvalue weighted by molar-refractivity contribution is 0.0951. The Kier molecular flexibility index (Phi) is 6.41. The summed E-state index contributed by atoms with van der Waals surface area (Å²) in [7, 11) is 4.02. The van der Waals surface area contributed by atoms with Crippen molar-refractivity contribution in [2.45, 2.75) is 6.54 Å². The first-order valence-corrected chi connectivity index (χ1v) is 7.80. The van der Waals surface area contributed by atoms with E-state index in [1.54, 1.807) is 24.3 Å². The first-order valence-electron chi connectivity index (χ1n) is 7.80. The average Bonchev–Trinajstić information content (AvgIpc) is 2.60. The van der Waals surface area contributed by atoms with Crippen molar-refractivity contribution in [3.8, 4) is 18.1 Å². The summed E-state index contributed by atoms with van der Waals surface area (Å²) >= 11 is 0. The van der Waals surface area contributed by atoms with Gasteiger partial charge in [0.1, 0.15) is 12.4 Å². The smallest absolute Gasteiger partial charge is 0.251 e. The summed E-state index contributed by atoms with van der Waals surface area (Å²) in [5.74, 6) is 3.24. The molecule has 4 heteroatoms. The van der Waals surface area contributed by atoms with Crippen molar-refractivity contribution >= 4 is 5.91 Å². The fraction of sp³-hybridized carbons (Fsp3) is 0.250. The van der Waals surface area contributed by atoms with Gasteiger partial charge in [-0.1, -0.05) is 18.1 Å². The van der Waals surface area contributed by atoms with Crippen LogP contribution in [0.25, 0.3) is 0 Å². The Bertz CT molecular complexity index is 698. The number of benzene rings is 2. The molecule has 0 aromatic heterocycles. The third kappa shape index (κ3) is 5.45. The third-order valence-corrected chi connectivity index (χ3v) is 3.50. The summed E-state index contributed by atoms with van der Waals surface area (Å²) in [5, 5.41) is 2.89. The highest BCUT2D eigenvalue weighted by molar-refractivity contribution is 5.94. The van der Waals surface area contributed by atoms with Crippen LogP contribution in [-0.4, -0.2) is 38.1 Å². The van der Waals surface area contributed by atoms with Crippen molar-refractivity contribution in [2.75, 3.05) is 27.2 Å². The molecule has 0 aliphatic heterocycles. The second-order valence-electron chi connectivity index (χ2n) is 5.70. The predicted molar refractivity (Wildman–Crippen MR) is 96.0 cm³/mol. The minimum Gasteiger partial charge on any atom is -0.492 e. The monoisotopic (exact) mass is 322 g/mol. The van der Waals surface area contributed by atoms with Gasteiger partial charge in [0.2, 0.25) is 0 Å². The van der Waals surface area contributed by atoms with E-state index >= 15 is 0 Å². The molecule has 0 bridgehead atoms. The number of ether oxygens (including phenoxy) is 1. The van der Waals surface area contributed by atoms with Crippen molar-refractivity contribution in [3.05, 3.63) is 65.2 Å². The molecule has 124 valence electrons. The molecule has 0 heterocycles. The highest BCUT2D eigenvalue weighted by Crippen LogP contribution is 2.12. The Hall–Kier alpha value is -2.77. The molecule has 2 aromatic rings. The number of hydrogen-bond acceptors (Lipinski definition) is 3. The SMILES string of the molecule is C#Cc1ccc(C(=O)NCc2ccc(OCCN(C)C)cc2)cc1. The zero-order chi connectivity index (χ0) is 17.4. The third-order valence-electron chi connectivity index (χ3n) is 3.50. The van der Waals surface area contributed by atoms with Gasteiger partial charge in [-0.25, -0.2) is 0 Å². The van der Waals surface area contributed by atoms with Crippen molar-refractivity contribution in [3.63, 3.8) is 0 Å². The molecule has 24 heavy (non-hydrogen) atoms. The molecule has 2 rings (SSSR count). The lowest BCUT2D eigenvalue weighted by Gasteiger charge is -2.11. The van der Waals surface area contributed by atoms with Crippen LogP contribution in [0, 0.1) is 12.3 Å². The molecule has 1 amide bonds. The van der Waals surface area contributed by atoms with Crippen LogP contribution in [0.15, 0.2) is 48.5 Å². The van der Waals surface area contributed by atoms with Crippen molar-refractivity contribution in [1.82, 2.24) is 10.2 Å². The second kappa shape index (κ2) is 8.76. The summed E-state index contributed by atoms with van der Waals surface area (Å²) in [6, 6.07) is 14.7. The number of likely N-dealkylation sites (N-methyl/N-ethyl adjacent to an activating group) is 1. The highest BCUT2D eigenvalue weighted by Gasteiger charge is 2.05. The Morgan fingerprint density at radius 2 is 1.79 bits per heavy atom. The van der Waals surface area contributed by atoms with Gasteiger partial charge in [-0.05, 0) is 56.1 Å². The van der Waals surface area contributed by atoms with Crippen LogP contribution in [-0.2, 0) is 6.54 Å². The Morgan fingerprint density at radius 1 is 1.12 bits per heavy atom. The number of hydrogen-bond donors (Lipinski definition) is 1. The Labute approximate surface area is 143 Å². The predicted octanol–water partition coefficient (Wildman–Crippen LogP) is 2.54. The van der Waals surface area contributed by atoms with Crippen LogP contribution in [0.4, 0.5) is 0 Å². The molecule has 0 aliphatic rings. The number of nitrogens with one attached hydrogen (secondary N) is 1. The molecule has 0 saturated carbocycles. The molecule has 0 radical (unpaired) electrons. The van der Waals surface area contributed by atoms with Crippen LogP contribution in [0.3, 0.4) is 0 Å². The van der Waals surface area contributed by atoms with Crippen LogP contribution in [0.1, 0.15) is 21.5 Å². The van der Waals surface area contributed by atoms with Gasteiger partial charge < -0.3 is 15.0 Å². The lowest BCUT2D eigenvalue weighted by Crippen LogP contribution is -2.22. The Balaban J connectivity index is 1.83. The standard InChI is InChI=1S/C20H22N2O2/c1-4-16-5-9-18(10-6-16)20(23)21-15-17-7-11-19(12-8-17)24-14-13-22(2)3/h1,5-12H,13-15H2,2-3H3,(H,21,23). The lowest BCUT2D eigenvalue weighted by atomic mass is 10.1. The Morgan fingerprint density at radius 3 is 2.38 bits per heavy atom. The van der Waals surface area contributed by atoms with Crippen LogP contribution < -0.4 is 10.1 Å². The highest BCUT2D eigenvalue weighted by atomic mass is 16.5. The number of nitrogens with zero attached hydrogens (tertiary/aromatic N) is 1. The van der Waals surface area contributed by atoms with Gasteiger partial charge in [0.15, 0.2) is 0 Å². The van der Waals surface area contributed by atoms with E-state index in [2.05, 4.69) is 16.1 Å². The van der Waals surface area contributed by atoms with Crippen molar-refractivity contribution in [2.24, 2.45) is 0 Å². The number of rotatable bonds is 7. The molecular weight excluding hydrogens is 300 g/mol. The summed E-state index contributed by atoms with van der Waals surface area (Å²) in [5.41, 5.74) is 2.37. The molecule has 0 spiro atoms. The molecule has 2 aromatic carbocycles. The minimum absolute atomic E-state index is 0.120. The summed E-state index contributed by atoms with van der Waals surface area (Å²) in [4.78, 5) is 14.2. The number of amides is 1. The van der Waals surface area contributed by atoms with Crippen LogP contribution in [0.5, 0.6) is 5.75 Å². The van der Waals surface area contributed by atoms with Crippen LogP contribution in [0.2, 0.25) is 0 Å². The van der Waals surface area contributed by atoms with Gasteiger partial charge in [-0.3, -0.25) is 4.79 Å². The van der Waals surface area contributed by atoms with Gasteiger partial charge >= 0.3 is 0 Å². The van der Waals surface area contributed by atoms with Crippen LogP contribution >= 0.6 is 0 Å². The van der Waals surface area contributed by atoms with E-state index in [1.165, 1.54) is 0 Å². The number of carbonyl (C=O) groups is 1. The normalized spacial score (nSPS) is 10.2. The fourth-order valence-electron chi connectivity index (χ4n) is 2.05.